The molecular formula is C12H21N3. The molecule has 1 aliphatic carbocycles. The molecule has 2 atom stereocenters. The van der Waals surface area contributed by atoms with E-state index in [1.165, 1.54) is 25.7 Å². The zero-order valence-corrected chi connectivity index (χ0v) is 9.95. The summed E-state index contributed by atoms with van der Waals surface area (Å²) in [7, 11) is 0. The summed E-state index contributed by atoms with van der Waals surface area (Å²) >= 11 is 0. The molecule has 2 unspecified atom stereocenters. The van der Waals surface area contributed by atoms with E-state index in [4.69, 9.17) is 5.73 Å². The molecular weight excluding hydrogens is 186 g/mol. The molecule has 1 heterocycles. The summed E-state index contributed by atoms with van der Waals surface area (Å²) in [6, 6.07) is 0.565. The van der Waals surface area contributed by atoms with Crippen molar-refractivity contribution in [2.24, 2.45) is 5.92 Å². The molecule has 1 saturated carbocycles. The smallest absolute Gasteiger partial charge is 0.0826 e. The summed E-state index contributed by atoms with van der Waals surface area (Å²) in [6.45, 7) is 6.40. The molecule has 0 bridgehead atoms. The molecule has 0 aliphatic heterocycles. The normalized spacial score (nSPS) is 26.9. The fourth-order valence-corrected chi connectivity index (χ4v) is 2.66. The van der Waals surface area contributed by atoms with Crippen LogP contribution in [0.25, 0.3) is 0 Å². The highest BCUT2D eigenvalue weighted by Gasteiger charge is 2.25. The lowest BCUT2D eigenvalue weighted by Crippen LogP contribution is -2.23. The highest BCUT2D eigenvalue weighted by atomic mass is 15.3. The van der Waals surface area contributed by atoms with E-state index in [1.807, 2.05) is 6.92 Å². The molecule has 3 nitrogen and oxygen atoms in total. The highest BCUT2D eigenvalue weighted by Crippen LogP contribution is 2.35. The van der Waals surface area contributed by atoms with Crippen LogP contribution in [0.2, 0.25) is 0 Å². The lowest BCUT2D eigenvalue weighted by molar-refractivity contribution is 0.236. The van der Waals surface area contributed by atoms with Crippen molar-refractivity contribution in [3.63, 3.8) is 0 Å². The fourth-order valence-electron chi connectivity index (χ4n) is 2.66. The first-order valence-corrected chi connectivity index (χ1v) is 5.92. The molecule has 0 aromatic carbocycles. The van der Waals surface area contributed by atoms with Gasteiger partial charge in [-0.2, -0.15) is 5.10 Å². The van der Waals surface area contributed by atoms with Crippen LogP contribution < -0.4 is 5.73 Å². The largest absolute Gasteiger partial charge is 0.396 e. The molecule has 0 saturated heterocycles. The zero-order chi connectivity index (χ0) is 11.0. The van der Waals surface area contributed by atoms with Crippen LogP contribution in [-0.4, -0.2) is 9.78 Å². The molecule has 2 rings (SSSR count). The maximum absolute atomic E-state index is 5.97. The Kier molecular flexibility index (Phi) is 2.72. The second-order valence-electron chi connectivity index (χ2n) is 4.86. The SMILES string of the molecule is Cc1nn(C2CCCCC2C)c(C)c1N. The van der Waals surface area contributed by atoms with Crippen molar-refractivity contribution in [3.05, 3.63) is 11.4 Å². The van der Waals surface area contributed by atoms with Crippen LogP contribution in [-0.2, 0) is 0 Å². The Bertz CT molecular complexity index is 354. The molecule has 84 valence electrons. The minimum absolute atomic E-state index is 0.565. The number of nitrogens with two attached hydrogens (primary N) is 1. The van der Waals surface area contributed by atoms with Crippen LogP contribution in [0, 0.1) is 19.8 Å². The van der Waals surface area contributed by atoms with Gasteiger partial charge in [0, 0.05) is 0 Å². The molecule has 1 fully saturated rings. The van der Waals surface area contributed by atoms with Gasteiger partial charge in [0.15, 0.2) is 0 Å². The molecule has 15 heavy (non-hydrogen) atoms. The van der Waals surface area contributed by atoms with Crippen LogP contribution in [0.3, 0.4) is 0 Å². The predicted molar refractivity (Wildman–Crippen MR) is 62.8 cm³/mol. The van der Waals surface area contributed by atoms with Crippen molar-refractivity contribution in [2.45, 2.75) is 52.5 Å². The van der Waals surface area contributed by atoms with Crippen LogP contribution in [0.1, 0.15) is 50.0 Å². The molecule has 1 aliphatic rings. The van der Waals surface area contributed by atoms with Gasteiger partial charge in [0.05, 0.1) is 23.1 Å². The van der Waals surface area contributed by atoms with Crippen molar-refractivity contribution in [1.82, 2.24) is 9.78 Å². The van der Waals surface area contributed by atoms with Gasteiger partial charge >= 0.3 is 0 Å². The Labute approximate surface area is 91.7 Å². The Morgan fingerprint density at radius 3 is 2.47 bits per heavy atom. The molecule has 1 aromatic rings. The van der Waals surface area contributed by atoms with Gasteiger partial charge < -0.3 is 5.73 Å². The van der Waals surface area contributed by atoms with Gasteiger partial charge in [0.25, 0.3) is 0 Å². The van der Waals surface area contributed by atoms with Crippen LogP contribution in [0.15, 0.2) is 0 Å². The number of hydrogen-bond donors (Lipinski definition) is 1. The Balaban J connectivity index is 2.31. The van der Waals surface area contributed by atoms with Gasteiger partial charge in [-0.25, -0.2) is 0 Å². The number of anilines is 1. The molecule has 0 radical (unpaired) electrons. The topological polar surface area (TPSA) is 43.8 Å². The van der Waals surface area contributed by atoms with Crippen molar-refractivity contribution >= 4 is 5.69 Å². The van der Waals surface area contributed by atoms with Crippen LogP contribution in [0.5, 0.6) is 0 Å². The van der Waals surface area contributed by atoms with E-state index in [0.29, 0.717) is 6.04 Å². The molecule has 0 amide bonds. The number of rotatable bonds is 1. The molecule has 0 spiro atoms. The standard InChI is InChI=1S/C12H21N3/c1-8-6-4-5-7-11(8)15-10(3)12(13)9(2)14-15/h8,11H,4-7,13H2,1-3H3. The van der Waals surface area contributed by atoms with Gasteiger partial charge in [0.2, 0.25) is 0 Å². The van der Waals surface area contributed by atoms with E-state index in [-0.39, 0.29) is 0 Å². The van der Waals surface area contributed by atoms with Crippen LogP contribution >= 0.6 is 0 Å². The quantitative estimate of drug-likeness (QED) is 0.769. The van der Waals surface area contributed by atoms with E-state index in [9.17, 15) is 0 Å². The summed E-state index contributed by atoms with van der Waals surface area (Å²) in [4.78, 5) is 0. The molecule has 2 N–H and O–H groups in total. The second-order valence-corrected chi connectivity index (χ2v) is 4.86. The van der Waals surface area contributed by atoms with Crippen molar-refractivity contribution in [2.75, 3.05) is 5.73 Å². The Morgan fingerprint density at radius 1 is 1.27 bits per heavy atom. The molecule has 1 aromatic heterocycles. The monoisotopic (exact) mass is 207 g/mol. The summed E-state index contributed by atoms with van der Waals surface area (Å²) in [5.41, 5.74) is 8.96. The third-order valence-electron chi connectivity index (χ3n) is 3.76. The fraction of sp³-hybridized carbons (Fsp3) is 0.750. The van der Waals surface area contributed by atoms with Crippen molar-refractivity contribution in [1.29, 1.82) is 0 Å². The summed E-state index contributed by atoms with van der Waals surface area (Å²) in [5.74, 6) is 0.733. The summed E-state index contributed by atoms with van der Waals surface area (Å²) in [5, 5.41) is 4.58. The minimum Gasteiger partial charge on any atom is -0.396 e. The summed E-state index contributed by atoms with van der Waals surface area (Å²) in [6.07, 6.45) is 5.27. The predicted octanol–water partition coefficient (Wildman–Crippen LogP) is 2.83. The average Bonchev–Trinajstić information content (AvgIpc) is 2.47. The van der Waals surface area contributed by atoms with Gasteiger partial charge in [0.1, 0.15) is 0 Å². The average molecular weight is 207 g/mol. The van der Waals surface area contributed by atoms with Crippen molar-refractivity contribution in [3.8, 4) is 0 Å². The number of nitrogen functional groups attached to an aromatic ring is 1. The van der Waals surface area contributed by atoms with Gasteiger partial charge in [-0.05, 0) is 32.6 Å². The highest BCUT2D eigenvalue weighted by molar-refractivity contribution is 5.47. The van der Waals surface area contributed by atoms with Gasteiger partial charge in [-0.1, -0.05) is 19.8 Å². The van der Waals surface area contributed by atoms with Gasteiger partial charge in [-0.15, -0.1) is 0 Å². The number of aromatic nitrogens is 2. The van der Waals surface area contributed by atoms with Crippen molar-refractivity contribution < 1.29 is 0 Å². The number of aryl methyl sites for hydroxylation is 1. The lowest BCUT2D eigenvalue weighted by Gasteiger charge is -2.29. The Hall–Kier alpha value is -0.990. The second kappa shape index (κ2) is 3.87. The zero-order valence-electron chi connectivity index (χ0n) is 9.95. The maximum Gasteiger partial charge on any atom is 0.0826 e. The van der Waals surface area contributed by atoms with E-state index in [0.717, 1.165) is 23.0 Å². The summed E-state index contributed by atoms with van der Waals surface area (Å²) < 4.78 is 2.16. The lowest BCUT2D eigenvalue weighted by atomic mass is 9.86. The third kappa shape index (κ3) is 1.75. The van der Waals surface area contributed by atoms with E-state index in [2.05, 4.69) is 23.6 Å². The molecule has 3 heteroatoms. The first kappa shape index (κ1) is 10.5. The third-order valence-corrected chi connectivity index (χ3v) is 3.76. The maximum atomic E-state index is 5.97. The minimum atomic E-state index is 0.565. The van der Waals surface area contributed by atoms with E-state index >= 15 is 0 Å². The first-order chi connectivity index (χ1) is 7.11. The van der Waals surface area contributed by atoms with E-state index < -0.39 is 0 Å². The number of nitrogens with zero attached hydrogens (tertiary/aromatic N) is 2. The van der Waals surface area contributed by atoms with E-state index in [1.54, 1.807) is 0 Å². The van der Waals surface area contributed by atoms with Gasteiger partial charge in [-0.3, -0.25) is 4.68 Å². The van der Waals surface area contributed by atoms with Crippen LogP contribution in [0.4, 0.5) is 5.69 Å². The Morgan fingerprint density at radius 2 is 1.93 bits per heavy atom. The first-order valence-electron chi connectivity index (χ1n) is 5.92. The number of hydrogen-bond acceptors (Lipinski definition) is 2.